The van der Waals surface area contributed by atoms with Crippen LogP contribution in [0, 0.1) is 13.8 Å². The molecule has 104 valence electrons. The second kappa shape index (κ2) is 4.86. The highest BCUT2D eigenvalue weighted by Crippen LogP contribution is 2.41. The van der Waals surface area contributed by atoms with Crippen molar-refractivity contribution in [1.29, 1.82) is 0 Å². The van der Waals surface area contributed by atoms with Crippen molar-refractivity contribution in [1.82, 2.24) is 9.97 Å². The number of aromatic carboxylic acids is 1. The highest BCUT2D eigenvalue weighted by atomic mass is 32.1. The van der Waals surface area contributed by atoms with E-state index in [-0.39, 0.29) is 5.56 Å². The highest BCUT2D eigenvalue weighted by molar-refractivity contribution is 7.13. The van der Waals surface area contributed by atoms with E-state index in [0.29, 0.717) is 22.4 Å². The van der Waals surface area contributed by atoms with Crippen LogP contribution < -0.4 is 5.32 Å². The fourth-order valence-corrected chi connectivity index (χ4v) is 3.00. The third kappa shape index (κ3) is 2.51. The fraction of sp³-hybridized carbons (Fsp3) is 0.357. The zero-order valence-electron chi connectivity index (χ0n) is 11.3. The molecule has 0 spiro atoms. The third-order valence-corrected chi connectivity index (χ3v) is 4.08. The average molecular weight is 289 g/mol. The number of anilines is 2. The zero-order chi connectivity index (χ0) is 14.3. The molecule has 0 aliphatic heterocycles. The fourth-order valence-electron chi connectivity index (χ4n) is 2.21. The standard InChI is InChI=1S/C14H15N3O2S/c1-7-5-8(2)15-12(11(7)13(18)19)17-14-16-10(6-20-14)9-3-4-9/h5-6,9H,3-4H2,1-2H3,(H,18,19)(H,15,16,17). The first-order chi connectivity index (χ1) is 9.54. The molecule has 0 aromatic carbocycles. The van der Waals surface area contributed by atoms with E-state index >= 15 is 0 Å². The minimum absolute atomic E-state index is 0.207. The molecule has 0 saturated heterocycles. The number of rotatable bonds is 4. The molecule has 20 heavy (non-hydrogen) atoms. The summed E-state index contributed by atoms with van der Waals surface area (Å²) >= 11 is 1.49. The van der Waals surface area contributed by atoms with Crippen molar-refractivity contribution in [2.24, 2.45) is 0 Å². The lowest BCUT2D eigenvalue weighted by atomic mass is 10.1. The summed E-state index contributed by atoms with van der Waals surface area (Å²) < 4.78 is 0. The first-order valence-corrected chi connectivity index (χ1v) is 7.36. The van der Waals surface area contributed by atoms with Crippen LogP contribution >= 0.6 is 11.3 Å². The van der Waals surface area contributed by atoms with Gasteiger partial charge in [-0.2, -0.15) is 0 Å². The number of hydrogen-bond acceptors (Lipinski definition) is 5. The van der Waals surface area contributed by atoms with Crippen molar-refractivity contribution >= 4 is 28.3 Å². The Bertz CT molecular complexity index is 677. The molecular weight excluding hydrogens is 274 g/mol. The molecule has 2 aromatic rings. The molecule has 2 aromatic heterocycles. The molecule has 2 heterocycles. The molecule has 0 amide bonds. The van der Waals surface area contributed by atoms with Crippen LogP contribution in [0.15, 0.2) is 11.4 Å². The molecule has 1 saturated carbocycles. The molecule has 0 radical (unpaired) electrons. The summed E-state index contributed by atoms with van der Waals surface area (Å²) in [5.41, 5.74) is 2.79. The van der Waals surface area contributed by atoms with Gasteiger partial charge in [-0.25, -0.2) is 14.8 Å². The van der Waals surface area contributed by atoms with Crippen molar-refractivity contribution in [3.8, 4) is 0 Å². The molecule has 1 aliphatic rings. The molecule has 1 fully saturated rings. The van der Waals surface area contributed by atoms with Crippen LogP contribution in [-0.2, 0) is 0 Å². The number of hydrogen-bond donors (Lipinski definition) is 2. The van der Waals surface area contributed by atoms with Gasteiger partial charge in [-0.15, -0.1) is 11.3 Å². The van der Waals surface area contributed by atoms with E-state index in [4.69, 9.17) is 0 Å². The van der Waals surface area contributed by atoms with Crippen LogP contribution in [0.1, 0.15) is 46.1 Å². The first kappa shape index (κ1) is 13.1. The van der Waals surface area contributed by atoms with Crippen LogP contribution in [0.3, 0.4) is 0 Å². The molecule has 5 nitrogen and oxygen atoms in total. The van der Waals surface area contributed by atoms with Gasteiger partial charge in [0.25, 0.3) is 0 Å². The number of nitrogens with one attached hydrogen (secondary N) is 1. The van der Waals surface area contributed by atoms with Gasteiger partial charge in [0, 0.05) is 17.0 Å². The topological polar surface area (TPSA) is 75.1 Å². The van der Waals surface area contributed by atoms with Crippen LogP contribution in [-0.4, -0.2) is 21.0 Å². The van der Waals surface area contributed by atoms with Gasteiger partial charge in [0.1, 0.15) is 11.4 Å². The maximum atomic E-state index is 11.4. The number of carbonyl (C=O) groups is 1. The molecular formula is C14H15N3O2S. The van der Waals surface area contributed by atoms with E-state index in [9.17, 15) is 9.90 Å². The van der Waals surface area contributed by atoms with Crippen LogP contribution in [0.2, 0.25) is 0 Å². The van der Waals surface area contributed by atoms with Crippen molar-refractivity contribution < 1.29 is 9.90 Å². The Kier molecular flexibility index (Phi) is 3.17. The van der Waals surface area contributed by atoms with Gasteiger partial charge in [-0.3, -0.25) is 0 Å². The molecule has 0 bridgehead atoms. The Hall–Kier alpha value is -1.95. The smallest absolute Gasteiger partial charge is 0.339 e. The SMILES string of the molecule is Cc1cc(C)c(C(=O)O)c(Nc2nc(C3CC3)cs2)n1. The van der Waals surface area contributed by atoms with Crippen LogP contribution in [0.4, 0.5) is 10.9 Å². The minimum Gasteiger partial charge on any atom is -0.478 e. The lowest BCUT2D eigenvalue weighted by molar-refractivity contribution is 0.0697. The summed E-state index contributed by atoms with van der Waals surface area (Å²) in [7, 11) is 0. The van der Waals surface area contributed by atoms with E-state index in [1.807, 2.05) is 12.3 Å². The van der Waals surface area contributed by atoms with E-state index < -0.39 is 5.97 Å². The van der Waals surface area contributed by atoms with Gasteiger partial charge in [0.05, 0.1) is 5.69 Å². The maximum Gasteiger partial charge on any atom is 0.339 e. The quantitative estimate of drug-likeness (QED) is 0.901. The van der Waals surface area contributed by atoms with Crippen molar-refractivity contribution in [2.75, 3.05) is 5.32 Å². The highest BCUT2D eigenvalue weighted by Gasteiger charge is 2.26. The summed E-state index contributed by atoms with van der Waals surface area (Å²) in [6.07, 6.45) is 2.40. The summed E-state index contributed by atoms with van der Waals surface area (Å²) in [4.78, 5) is 20.2. The van der Waals surface area contributed by atoms with Crippen molar-refractivity contribution in [2.45, 2.75) is 32.6 Å². The number of thiazole rings is 1. The number of nitrogens with zero attached hydrogens (tertiary/aromatic N) is 2. The first-order valence-electron chi connectivity index (χ1n) is 6.48. The molecule has 1 aliphatic carbocycles. The number of pyridine rings is 1. The summed E-state index contributed by atoms with van der Waals surface area (Å²) in [5.74, 6) is -0.0175. The second-order valence-electron chi connectivity index (χ2n) is 5.09. The molecule has 3 rings (SSSR count). The van der Waals surface area contributed by atoms with Gasteiger partial charge in [0.15, 0.2) is 5.13 Å². The molecule has 2 N–H and O–H groups in total. The summed E-state index contributed by atoms with van der Waals surface area (Å²) in [6, 6.07) is 1.77. The summed E-state index contributed by atoms with van der Waals surface area (Å²) in [5, 5.41) is 15.1. The molecule has 0 atom stereocenters. The van der Waals surface area contributed by atoms with Crippen molar-refractivity contribution in [3.05, 3.63) is 34.0 Å². The average Bonchev–Trinajstić information content (AvgIpc) is 3.09. The predicted molar refractivity (Wildman–Crippen MR) is 78.0 cm³/mol. The lowest BCUT2D eigenvalue weighted by Crippen LogP contribution is -2.08. The Labute approximate surface area is 120 Å². The van der Waals surface area contributed by atoms with Crippen LogP contribution in [0.5, 0.6) is 0 Å². The number of aryl methyl sites for hydroxylation is 2. The van der Waals surface area contributed by atoms with E-state index in [0.717, 1.165) is 11.4 Å². The zero-order valence-corrected chi connectivity index (χ0v) is 12.1. The van der Waals surface area contributed by atoms with Crippen molar-refractivity contribution in [3.63, 3.8) is 0 Å². The van der Waals surface area contributed by atoms with Crippen LogP contribution in [0.25, 0.3) is 0 Å². The maximum absolute atomic E-state index is 11.4. The molecule has 6 heteroatoms. The van der Waals surface area contributed by atoms with E-state index in [2.05, 4.69) is 15.3 Å². The Morgan fingerprint density at radius 1 is 1.40 bits per heavy atom. The minimum atomic E-state index is -0.975. The molecule has 0 unspecified atom stereocenters. The number of aromatic nitrogens is 2. The summed E-state index contributed by atoms with van der Waals surface area (Å²) in [6.45, 7) is 3.63. The number of carboxylic acid groups (broad SMARTS) is 1. The largest absolute Gasteiger partial charge is 0.478 e. The Balaban J connectivity index is 1.93. The van der Waals surface area contributed by atoms with Gasteiger partial charge < -0.3 is 10.4 Å². The van der Waals surface area contributed by atoms with Gasteiger partial charge >= 0.3 is 5.97 Å². The monoisotopic (exact) mass is 289 g/mol. The number of carboxylic acids is 1. The van der Waals surface area contributed by atoms with E-state index in [1.54, 1.807) is 13.0 Å². The second-order valence-corrected chi connectivity index (χ2v) is 5.94. The lowest BCUT2D eigenvalue weighted by Gasteiger charge is -2.09. The third-order valence-electron chi connectivity index (χ3n) is 3.30. The normalized spacial score (nSPS) is 14.3. The van der Waals surface area contributed by atoms with E-state index in [1.165, 1.54) is 24.2 Å². The van der Waals surface area contributed by atoms with Gasteiger partial charge in [-0.05, 0) is 38.3 Å². The van der Waals surface area contributed by atoms with Gasteiger partial charge in [-0.1, -0.05) is 0 Å². The predicted octanol–water partition coefficient (Wildman–Crippen LogP) is 3.47. The Morgan fingerprint density at radius 2 is 2.15 bits per heavy atom. The van der Waals surface area contributed by atoms with Gasteiger partial charge in [0.2, 0.25) is 0 Å². The Morgan fingerprint density at radius 3 is 2.80 bits per heavy atom.